The number of fused-ring (bicyclic) bond motifs is 1. The third-order valence-electron chi connectivity index (χ3n) is 3.28. The van der Waals surface area contributed by atoms with Crippen LogP contribution in [0.3, 0.4) is 0 Å². The van der Waals surface area contributed by atoms with Crippen molar-refractivity contribution in [3.8, 4) is 5.75 Å². The van der Waals surface area contributed by atoms with Crippen molar-refractivity contribution in [1.82, 2.24) is 5.32 Å². The molecule has 1 heterocycles. The highest BCUT2D eigenvalue weighted by Crippen LogP contribution is 2.32. The molecule has 1 aliphatic rings. The van der Waals surface area contributed by atoms with Crippen LogP contribution in [-0.2, 0) is 4.79 Å². The molecular weight excluding hydrogens is 256 g/mol. The van der Waals surface area contributed by atoms with Crippen LogP contribution in [0.2, 0.25) is 0 Å². The van der Waals surface area contributed by atoms with Gasteiger partial charge < -0.3 is 15.4 Å². The molecule has 0 aromatic heterocycles. The summed E-state index contributed by atoms with van der Waals surface area (Å²) in [7, 11) is 1.81. The second-order valence-corrected chi connectivity index (χ2v) is 5.26. The molecule has 0 radical (unpaired) electrons. The Morgan fingerprint density at radius 1 is 1.45 bits per heavy atom. The zero-order chi connectivity index (χ0) is 14.7. The number of rotatable bonds is 5. The summed E-state index contributed by atoms with van der Waals surface area (Å²) in [6.07, 6.45) is -0.0491. The first kappa shape index (κ1) is 14.5. The van der Waals surface area contributed by atoms with Crippen molar-refractivity contribution in [3.05, 3.63) is 23.8 Å². The highest BCUT2D eigenvalue weighted by Gasteiger charge is 2.30. The Labute approximate surface area is 118 Å². The average Bonchev–Trinajstić information content (AvgIpc) is 2.43. The van der Waals surface area contributed by atoms with Crippen molar-refractivity contribution < 1.29 is 14.3 Å². The maximum atomic E-state index is 11.9. The molecule has 0 fully saturated rings. The average molecular weight is 276 g/mol. The molecule has 1 unspecified atom stereocenters. The molecule has 1 aromatic carbocycles. The molecule has 2 rings (SSSR count). The fraction of sp³-hybridized carbons (Fsp3) is 0.467. The van der Waals surface area contributed by atoms with E-state index in [2.05, 4.69) is 10.6 Å². The summed E-state index contributed by atoms with van der Waals surface area (Å²) in [5.41, 5.74) is 1.16. The van der Waals surface area contributed by atoms with Gasteiger partial charge in [-0.3, -0.25) is 9.59 Å². The number of amides is 1. The molecule has 5 heteroatoms. The lowest BCUT2D eigenvalue weighted by Crippen LogP contribution is -2.40. The van der Waals surface area contributed by atoms with E-state index in [4.69, 9.17) is 4.74 Å². The second-order valence-electron chi connectivity index (χ2n) is 5.26. The third kappa shape index (κ3) is 2.99. The Balaban J connectivity index is 2.19. The Morgan fingerprint density at radius 3 is 2.85 bits per heavy atom. The second kappa shape index (κ2) is 6.05. The molecule has 0 spiro atoms. The summed E-state index contributed by atoms with van der Waals surface area (Å²) in [5, 5.41) is 5.75. The summed E-state index contributed by atoms with van der Waals surface area (Å²) < 4.78 is 5.69. The van der Waals surface area contributed by atoms with Crippen LogP contribution in [0.4, 0.5) is 5.69 Å². The molecule has 0 saturated carbocycles. The van der Waals surface area contributed by atoms with E-state index in [9.17, 15) is 9.59 Å². The summed E-state index contributed by atoms with van der Waals surface area (Å²) in [5.74, 6) is 0.600. The number of ether oxygens (including phenoxy) is 1. The van der Waals surface area contributed by atoms with Crippen molar-refractivity contribution in [2.75, 3.05) is 18.9 Å². The first-order valence-corrected chi connectivity index (χ1v) is 6.82. The summed E-state index contributed by atoms with van der Waals surface area (Å²) in [4.78, 5) is 23.9. The minimum atomic E-state index is -0.478. The Morgan fingerprint density at radius 2 is 2.20 bits per heavy atom. The van der Waals surface area contributed by atoms with Gasteiger partial charge in [0.25, 0.3) is 5.91 Å². The lowest BCUT2D eigenvalue weighted by atomic mass is 10.0. The van der Waals surface area contributed by atoms with Crippen LogP contribution in [-0.4, -0.2) is 31.4 Å². The van der Waals surface area contributed by atoms with Crippen LogP contribution < -0.4 is 15.4 Å². The van der Waals surface area contributed by atoms with Crippen molar-refractivity contribution in [2.24, 2.45) is 5.92 Å². The smallest absolute Gasteiger partial charge is 0.265 e. The topological polar surface area (TPSA) is 67.4 Å². The molecule has 108 valence electrons. The summed E-state index contributed by atoms with van der Waals surface area (Å²) >= 11 is 0. The first-order valence-electron chi connectivity index (χ1n) is 6.82. The quantitative estimate of drug-likeness (QED) is 0.805. The van der Waals surface area contributed by atoms with Gasteiger partial charge in [0.1, 0.15) is 5.75 Å². The minimum Gasteiger partial charge on any atom is -0.478 e. The first-order chi connectivity index (χ1) is 9.52. The lowest BCUT2D eigenvalue weighted by Gasteiger charge is -2.28. The lowest BCUT2D eigenvalue weighted by molar-refractivity contribution is -0.125. The third-order valence-corrected chi connectivity index (χ3v) is 3.28. The monoisotopic (exact) mass is 276 g/mol. The van der Waals surface area contributed by atoms with Gasteiger partial charge in [-0.25, -0.2) is 0 Å². The number of ketones is 1. The Hall–Kier alpha value is -1.88. The van der Waals surface area contributed by atoms with Gasteiger partial charge in [-0.15, -0.1) is 0 Å². The molecule has 0 aliphatic carbocycles. The van der Waals surface area contributed by atoms with Crippen LogP contribution in [0, 0.1) is 5.92 Å². The van der Waals surface area contributed by atoms with Gasteiger partial charge in [0.15, 0.2) is 11.9 Å². The van der Waals surface area contributed by atoms with Crippen LogP contribution in [0.5, 0.6) is 5.75 Å². The van der Waals surface area contributed by atoms with Crippen molar-refractivity contribution in [1.29, 1.82) is 0 Å². The molecule has 20 heavy (non-hydrogen) atoms. The maximum Gasteiger partial charge on any atom is 0.265 e. The van der Waals surface area contributed by atoms with Gasteiger partial charge in [0, 0.05) is 18.5 Å². The van der Waals surface area contributed by atoms with Gasteiger partial charge in [0.2, 0.25) is 0 Å². The van der Waals surface area contributed by atoms with E-state index in [1.807, 2.05) is 13.8 Å². The number of benzene rings is 1. The SMILES string of the molecule is CNCCC(=O)c1ccc2c(c1)NC(=O)C(C(C)C)O2. The fourth-order valence-electron chi connectivity index (χ4n) is 2.12. The molecular formula is C15H20N2O3. The van der Waals surface area contributed by atoms with E-state index < -0.39 is 6.10 Å². The van der Waals surface area contributed by atoms with Crippen molar-refractivity contribution >= 4 is 17.4 Å². The number of hydrogen-bond donors (Lipinski definition) is 2. The minimum absolute atomic E-state index is 0.0439. The Bertz CT molecular complexity index is 526. The number of hydrogen-bond acceptors (Lipinski definition) is 4. The van der Waals surface area contributed by atoms with E-state index in [1.165, 1.54) is 0 Å². The molecule has 1 atom stereocenters. The number of nitrogens with one attached hydrogen (secondary N) is 2. The van der Waals surface area contributed by atoms with Gasteiger partial charge in [0.05, 0.1) is 5.69 Å². The molecule has 1 aliphatic heterocycles. The van der Waals surface area contributed by atoms with Crippen molar-refractivity contribution in [2.45, 2.75) is 26.4 Å². The normalized spacial score (nSPS) is 17.4. The van der Waals surface area contributed by atoms with Gasteiger partial charge in [-0.2, -0.15) is 0 Å². The zero-order valence-electron chi connectivity index (χ0n) is 12.0. The zero-order valence-corrected chi connectivity index (χ0v) is 12.0. The van der Waals surface area contributed by atoms with E-state index in [1.54, 1.807) is 25.2 Å². The predicted octanol–water partition coefficient (Wildman–Crippen LogP) is 1.83. The molecule has 0 saturated heterocycles. The van der Waals surface area contributed by atoms with Crippen LogP contribution in [0.1, 0.15) is 30.6 Å². The summed E-state index contributed by atoms with van der Waals surface area (Å²) in [6.45, 7) is 4.50. The highest BCUT2D eigenvalue weighted by molar-refractivity contribution is 6.01. The van der Waals surface area contributed by atoms with Crippen LogP contribution in [0.25, 0.3) is 0 Å². The predicted molar refractivity (Wildman–Crippen MR) is 77.2 cm³/mol. The molecule has 0 bridgehead atoms. The number of Topliss-reactive ketones (excluding diaryl/α,β-unsaturated/α-hetero) is 1. The van der Waals surface area contributed by atoms with Gasteiger partial charge in [-0.1, -0.05) is 13.8 Å². The highest BCUT2D eigenvalue weighted by atomic mass is 16.5. The van der Waals surface area contributed by atoms with Gasteiger partial charge in [-0.05, 0) is 31.2 Å². The summed E-state index contributed by atoms with van der Waals surface area (Å²) in [6, 6.07) is 5.17. The van der Waals surface area contributed by atoms with E-state index in [0.29, 0.717) is 30.0 Å². The number of carbonyl (C=O) groups is 2. The number of anilines is 1. The molecule has 1 aromatic rings. The van der Waals surface area contributed by atoms with Crippen molar-refractivity contribution in [3.63, 3.8) is 0 Å². The van der Waals surface area contributed by atoms with Gasteiger partial charge >= 0.3 is 0 Å². The fourth-order valence-corrected chi connectivity index (χ4v) is 2.12. The van der Waals surface area contributed by atoms with E-state index in [-0.39, 0.29) is 17.6 Å². The largest absolute Gasteiger partial charge is 0.478 e. The molecule has 1 amide bonds. The standard InChI is InChI=1S/C15H20N2O3/c1-9(2)14-15(19)17-11-8-10(4-5-13(11)20-14)12(18)6-7-16-3/h4-5,8-9,14,16H,6-7H2,1-3H3,(H,17,19). The van der Waals surface area contributed by atoms with E-state index in [0.717, 1.165) is 0 Å². The molecule has 2 N–H and O–H groups in total. The maximum absolute atomic E-state index is 11.9. The number of carbonyl (C=O) groups excluding carboxylic acids is 2. The van der Waals surface area contributed by atoms with Crippen LogP contribution >= 0.6 is 0 Å². The molecule has 5 nitrogen and oxygen atoms in total. The van der Waals surface area contributed by atoms with Crippen LogP contribution in [0.15, 0.2) is 18.2 Å². The Kier molecular flexibility index (Phi) is 4.39. The van der Waals surface area contributed by atoms with E-state index >= 15 is 0 Å².